The Hall–Kier alpha value is -1.62. The first-order valence-corrected chi connectivity index (χ1v) is 8.63. The summed E-state index contributed by atoms with van der Waals surface area (Å²) in [4.78, 5) is 11.6. The van der Waals surface area contributed by atoms with Gasteiger partial charge in [-0.1, -0.05) is 34.8 Å². The third-order valence-corrected chi connectivity index (χ3v) is 4.32. The van der Waals surface area contributed by atoms with Gasteiger partial charge in [0.25, 0.3) is 0 Å². The van der Waals surface area contributed by atoms with E-state index in [1.54, 1.807) is 0 Å². The Kier molecular flexibility index (Phi) is 4.93. The molecular formula is C17H21BrN4. The first-order chi connectivity index (χ1) is 10.7. The highest BCUT2D eigenvalue weighted by Gasteiger charge is 2.13. The number of hydrogen-bond acceptors (Lipinski definition) is 4. The van der Waals surface area contributed by atoms with Crippen molar-refractivity contribution in [2.45, 2.75) is 32.6 Å². The molecular weight excluding hydrogens is 340 g/mol. The Balaban J connectivity index is 1.82. The molecule has 0 atom stereocenters. The molecule has 1 aliphatic heterocycles. The predicted octanol–water partition coefficient (Wildman–Crippen LogP) is 4.67. The van der Waals surface area contributed by atoms with Gasteiger partial charge in [0, 0.05) is 35.0 Å². The highest BCUT2D eigenvalue weighted by atomic mass is 79.9. The van der Waals surface area contributed by atoms with Gasteiger partial charge in [-0.25, -0.2) is 4.98 Å². The number of anilines is 3. The van der Waals surface area contributed by atoms with Crippen molar-refractivity contribution in [1.82, 2.24) is 9.97 Å². The van der Waals surface area contributed by atoms with Crippen LogP contribution in [0.2, 0.25) is 0 Å². The number of halogens is 1. The molecule has 1 saturated heterocycles. The molecule has 2 heterocycles. The molecule has 0 spiro atoms. The number of benzene rings is 1. The van der Waals surface area contributed by atoms with Crippen LogP contribution in [0.1, 0.15) is 31.4 Å². The number of nitrogens with zero attached hydrogens (tertiary/aromatic N) is 3. The molecule has 0 aliphatic carbocycles. The van der Waals surface area contributed by atoms with Gasteiger partial charge in [0.2, 0.25) is 5.95 Å². The zero-order valence-electron chi connectivity index (χ0n) is 12.8. The summed E-state index contributed by atoms with van der Waals surface area (Å²) in [7, 11) is 0. The first-order valence-electron chi connectivity index (χ1n) is 7.84. The van der Waals surface area contributed by atoms with Crippen LogP contribution >= 0.6 is 15.9 Å². The van der Waals surface area contributed by atoms with Crippen LogP contribution in [0.15, 0.2) is 34.8 Å². The van der Waals surface area contributed by atoms with Gasteiger partial charge in [0.05, 0.1) is 0 Å². The van der Waals surface area contributed by atoms with Crippen LogP contribution < -0.4 is 10.2 Å². The lowest BCUT2D eigenvalue weighted by atomic mass is 10.2. The molecule has 0 bridgehead atoms. The Morgan fingerprint density at radius 3 is 2.55 bits per heavy atom. The number of nitrogens with one attached hydrogen (secondary N) is 1. The fourth-order valence-electron chi connectivity index (χ4n) is 2.74. The minimum Gasteiger partial charge on any atom is -0.341 e. The second-order valence-electron chi connectivity index (χ2n) is 5.73. The van der Waals surface area contributed by atoms with E-state index in [2.05, 4.69) is 31.1 Å². The third kappa shape index (κ3) is 3.97. The van der Waals surface area contributed by atoms with E-state index in [1.807, 2.05) is 37.3 Å². The lowest BCUT2D eigenvalue weighted by Gasteiger charge is -2.21. The van der Waals surface area contributed by atoms with Gasteiger partial charge in [-0.2, -0.15) is 4.98 Å². The van der Waals surface area contributed by atoms with E-state index in [4.69, 9.17) is 4.98 Å². The summed E-state index contributed by atoms with van der Waals surface area (Å²) in [5.41, 5.74) is 2.01. The van der Waals surface area contributed by atoms with E-state index < -0.39 is 0 Å². The monoisotopic (exact) mass is 360 g/mol. The average molecular weight is 361 g/mol. The Morgan fingerprint density at radius 1 is 1.05 bits per heavy atom. The van der Waals surface area contributed by atoms with Crippen molar-refractivity contribution < 1.29 is 0 Å². The van der Waals surface area contributed by atoms with Crippen molar-refractivity contribution in [3.05, 3.63) is 40.5 Å². The van der Waals surface area contributed by atoms with E-state index in [1.165, 1.54) is 25.7 Å². The standard InChI is InChI=1S/C17H21BrN4/c1-13-11-16(20-15-8-6-7-14(18)12-15)21-17(19-13)22-9-4-2-3-5-10-22/h6-8,11-12H,2-5,9-10H2,1H3,(H,19,20,21). The SMILES string of the molecule is Cc1cc(Nc2cccc(Br)c2)nc(N2CCCCCC2)n1. The predicted molar refractivity (Wildman–Crippen MR) is 94.9 cm³/mol. The van der Waals surface area contributed by atoms with Crippen molar-refractivity contribution >= 4 is 33.4 Å². The van der Waals surface area contributed by atoms with Crippen LogP contribution in [0.5, 0.6) is 0 Å². The maximum Gasteiger partial charge on any atom is 0.227 e. The van der Waals surface area contributed by atoms with Gasteiger partial charge in [0.15, 0.2) is 0 Å². The topological polar surface area (TPSA) is 41.1 Å². The maximum absolute atomic E-state index is 4.71. The molecule has 2 aromatic rings. The van der Waals surface area contributed by atoms with Gasteiger partial charge in [0.1, 0.15) is 5.82 Å². The Bertz CT molecular complexity index is 636. The van der Waals surface area contributed by atoms with Crippen molar-refractivity contribution in [2.75, 3.05) is 23.3 Å². The van der Waals surface area contributed by atoms with Crippen molar-refractivity contribution in [2.24, 2.45) is 0 Å². The van der Waals surface area contributed by atoms with E-state index in [9.17, 15) is 0 Å². The van der Waals surface area contributed by atoms with Crippen LogP contribution in [-0.2, 0) is 0 Å². The summed E-state index contributed by atoms with van der Waals surface area (Å²) in [5.74, 6) is 1.70. The van der Waals surface area contributed by atoms with E-state index in [0.29, 0.717) is 0 Å². The quantitative estimate of drug-likeness (QED) is 0.863. The molecule has 0 amide bonds. The molecule has 1 aromatic heterocycles. The molecule has 116 valence electrons. The molecule has 1 aromatic carbocycles. The van der Waals surface area contributed by atoms with Gasteiger partial charge >= 0.3 is 0 Å². The molecule has 1 N–H and O–H groups in total. The Labute approximate surface area is 140 Å². The lowest BCUT2D eigenvalue weighted by molar-refractivity contribution is 0.726. The van der Waals surface area contributed by atoms with E-state index >= 15 is 0 Å². The second-order valence-corrected chi connectivity index (χ2v) is 6.65. The molecule has 0 unspecified atom stereocenters. The largest absolute Gasteiger partial charge is 0.341 e. The van der Waals surface area contributed by atoms with Crippen LogP contribution in [0.25, 0.3) is 0 Å². The fraction of sp³-hybridized carbons (Fsp3) is 0.412. The average Bonchev–Trinajstić information content (AvgIpc) is 2.75. The van der Waals surface area contributed by atoms with Crippen molar-refractivity contribution in [3.63, 3.8) is 0 Å². The summed E-state index contributed by atoms with van der Waals surface area (Å²) in [6, 6.07) is 10.1. The highest BCUT2D eigenvalue weighted by Crippen LogP contribution is 2.22. The maximum atomic E-state index is 4.71. The highest BCUT2D eigenvalue weighted by molar-refractivity contribution is 9.10. The minimum atomic E-state index is 0.847. The Morgan fingerprint density at radius 2 is 1.82 bits per heavy atom. The molecule has 3 rings (SSSR count). The molecule has 1 fully saturated rings. The van der Waals surface area contributed by atoms with E-state index in [0.717, 1.165) is 40.7 Å². The van der Waals surface area contributed by atoms with Gasteiger partial charge in [-0.05, 0) is 38.0 Å². The van der Waals surface area contributed by atoms with Crippen LogP contribution in [-0.4, -0.2) is 23.1 Å². The zero-order valence-corrected chi connectivity index (χ0v) is 14.4. The van der Waals surface area contributed by atoms with Crippen molar-refractivity contribution in [3.8, 4) is 0 Å². The summed E-state index contributed by atoms with van der Waals surface area (Å²) >= 11 is 3.49. The first kappa shape index (κ1) is 15.3. The van der Waals surface area contributed by atoms with Gasteiger partial charge in [-0.3, -0.25) is 0 Å². The second kappa shape index (κ2) is 7.09. The number of rotatable bonds is 3. The summed E-state index contributed by atoms with van der Waals surface area (Å²) in [5, 5.41) is 3.37. The molecule has 0 radical (unpaired) electrons. The summed E-state index contributed by atoms with van der Waals surface area (Å²) in [6.45, 7) is 4.13. The van der Waals surface area contributed by atoms with Gasteiger partial charge < -0.3 is 10.2 Å². The number of aryl methyl sites for hydroxylation is 1. The lowest BCUT2D eigenvalue weighted by Crippen LogP contribution is -2.26. The van der Waals surface area contributed by atoms with E-state index in [-0.39, 0.29) is 0 Å². The zero-order chi connectivity index (χ0) is 15.4. The van der Waals surface area contributed by atoms with Crippen LogP contribution in [0.3, 0.4) is 0 Å². The summed E-state index contributed by atoms with van der Waals surface area (Å²) < 4.78 is 1.05. The molecule has 5 heteroatoms. The third-order valence-electron chi connectivity index (χ3n) is 3.83. The number of hydrogen-bond donors (Lipinski definition) is 1. The molecule has 1 aliphatic rings. The number of aromatic nitrogens is 2. The summed E-state index contributed by atoms with van der Waals surface area (Å²) in [6.07, 6.45) is 5.08. The molecule has 4 nitrogen and oxygen atoms in total. The molecule has 0 saturated carbocycles. The molecule has 22 heavy (non-hydrogen) atoms. The van der Waals surface area contributed by atoms with Crippen LogP contribution in [0.4, 0.5) is 17.5 Å². The van der Waals surface area contributed by atoms with Crippen molar-refractivity contribution in [1.29, 1.82) is 0 Å². The van der Waals surface area contributed by atoms with Gasteiger partial charge in [-0.15, -0.1) is 0 Å². The minimum absolute atomic E-state index is 0.847. The smallest absolute Gasteiger partial charge is 0.227 e. The fourth-order valence-corrected chi connectivity index (χ4v) is 3.14. The van der Waals surface area contributed by atoms with Crippen LogP contribution in [0, 0.1) is 6.92 Å². The normalized spacial score (nSPS) is 15.5.